The van der Waals surface area contributed by atoms with Gasteiger partial charge in [-0.2, -0.15) is 30.7 Å². The number of carbonyl (C=O) groups is 1. The zero-order chi connectivity index (χ0) is 18.7. The molecule has 0 aliphatic carbocycles. The van der Waals surface area contributed by atoms with E-state index in [1.807, 2.05) is 0 Å². The van der Waals surface area contributed by atoms with E-state index in [2.05, 4.69) is 0 Å². The first-order valence-electron chi connectivity index (χ1n) is 6.71. The van der Waals surface area contributed by atoms with Crippen LogP contribution < -0.4 is 0 Å². The van der Waals surface area contributed by atoms with Gasteiger partial charge in [0.05, 0.1) is 0 Å². The summed E-state index contributed by atoms with van der Waals surface area (Å²) in [5.41, 5.74) is -0.607. The molecular weight excluding hydrogens is 353 g/mol. The first-order chi connectivity index (χ1) is 10.0. The molecule has 0 aromatic carbocycles. The highest BCUT2D eigenvalue weighted by atomic mass is 32.2. The van der Waals surface area contributed by atoms with E-state index < -0.39 is 47.5 Å². The lowest BCUT2D eigenvalue weighted by molar-refractivity contribution is -0.355. The summed E-state index contributed by atoms with van der Waals surface area (Å²) in [6.07, 6.45) is -8.59. The zero-order valence-corrected chi connectivity index (χ0v) is 13.6. The molecule has 10 heteroatoms. The minimum Gasteiger partial charge on any atom is -0.480 e. The molecule has 0 bridgehead atoms. The Kier molecular flexibility index (Phi) is 7.26. The average molecular weight is 372 g/mol. The summed E-state index contributed by atoms with van der Waals surface area (Å²) in [5, 5.41) is 8.19. The van der Waals surface area contributed by atoms with Crippen LogP contribution in [0.5, 0.6) is 0 Å². The summed E-state index contributed by atoms with van der Waals surface area (Å²) in [4.78, 5) is 11.0. The molecule has 1 N–H and O–H groups in total. The average Bonchev–Trinajstić information content (AvgIpc) is 2.29. The van der Waals surface area contributed by atoms with Crippen LogP contribution in [0.2, 0.25) is 0 Å². The number of carboxylic acid groups (broad SMARTS) is 1. The van der Waals surface area contributed by atoms with Gasteiger partial charge in [-0.15, -0.1) is 11.8 Å². The van der Waals surface area contributed by atoms with Crippen molar-refractivity contribution in [3.8, 4) is 0 Å². The number of carboxylic acids is 1. The molecule has 0 saturated heterocycles. The summed E-state index contributed by atoms with van der Waals surface area (Å²) in [6, 6.07) is 0. The number of hydrogen-bond acceptors (Lipinski definition) is 2. The fourth-order valence-electron chi connectivity index (χ4n) is 1.71. The smallest absolute Gasteiger partial charge is 0.459 e. The van der Waals surface area contributed by atoms with E-state index in [1.54, 1.807) is 20.8 Å². The van der Waals surface area contributed by atoms with Crippen molar-refractivity contribution in [2.45, 2.75) is 63.3 Å². The lowest BCUT2D eigenvalue weighted by Gasteiger charge is -2.28. The van der Waals surface area contributed by atoms with Gasteiger partial charge in [-0.3, -0.25) is 4.79 Å². The Balaban J connectivity index is 4.44. The molecule has 138 valence electrons. The van der Waals surface area contributed by atoms with Gasteiger partial charge < -0.3 is 5.11 Å². The van der Waals surface area contributed by atoms with Crippen molar-refractivity contribution in [1.29, 1.82) is 0 Å². The predicted molar refractivity (Wildman–Crippen MR) is 73.1 cm³/mol. The molecule has 0 fully saturated rings. The van der Waals surface area contributed by atoms with Crippen LogP contribution in [-0.4, -0.2) is 40.1 Å². The fourth-order valence-corrected chi connectivity index (χ4v) is 2.96. The van der Waals surface area contributed by atoms with E-state index in [0.29, 0.717) is 0 Å². The van der Waals surface area contributed by atoms with E-state index in [-0.39, 0.29) is 12.2 Å². The second-order valence-electron chi connectivity index (χ2n) is 6.19. The van der Waals surface area contributed by atoms with Gasteiger partial charge in [-0.25, -0.2) is 0 Å². The number of aliphatic carboxylic acids is 1. The SMILES string of the molecule is CC(C)(C)C(SCCCCC(F)(F)C(F)(F)C(F)(F)F)C(=O)O. The van der Waals surface area contributed by atoms with Crippen LogP contribution in [-0.2, 0) is 4.79 Å². The van der Waals surface area contributed by atoms with Gasteiger partial charge in [0.15, 0.2) is 0 Å². The van der Waals surface area contributed by atoms with Gasteiger partial charge >= 0.3 is 24.0 Å². The van der Waals surface area contributed by atoms with Crippen LogP contribution in [0.25, 0.3) is 0 Å². The third kappa shape index (κ3) is 6.04. The maximum atomic E-state index is 13.0. The van der Waals surface area contributed by atoms with E-state index in [4.69, 9.17) is 5.11 Å². The van der Waals surface area contributed by atoms with E-state index >= 15 is 0 Å². The maximum Gasteiger partial charge on any atom is 0.459 e. The van der Waals surface area contributed by atoms with Crippen LogP contribution in [0.4, 0.5) is 30.7 Å². The Bertz CT molecular complexity index is 402. The third-order valence-electron chi connectivity index (χ3n) is 3.00. The predicted octanol–water partition coefficient (Wildman–Crippen LogP) is 5.22. The minimum absolute atomic E-state index is 0.0713. The minimum atomic E-state index is -6.31. The van der Waals surface area contributed by atoms with Gasteiger partial charge in [-0.1, -0.05) is 20.8 Å². The van der Waals surface area contributed by atoms with E-state index in [0.717, 1.165) is 11.8 Å². The zero-order valence-electron chi connectivity index (χ0n) is 12.8. The second-order valence-corrected chi connectivity index (χ2v) is 7.40. The quantitative estimate of drug-likeness (QED) is 0.469. The molecule has 0 amide bonds. The molecule has 0 aliphatic rings. The number of halogens is 7. The van der Waals surface area contributed by atoms with Crippen LogP contribution >= 0.6 is 11.8 Å². The number of unbranched alkanes of at least 4 members (excludes halogenated alkanes) is 1. The van der Waals surface area contributed by atoms with Crippen molar-refractivity contribution in [2.24, 2.45) is 5.41 Å². The molecule has 2 nitrogen and oxygen atoms in total. The monoisotopic (exact) mass is 372 g/mol. The van der Waals surface area contributed by atoms with Gasteiger partial charge in [0.2, 0.25) is 0 Å². The van der Waals surface area contributed by atoms with Gasteiger partial charge in [0, 0.05) is 6.42 Å². The number of thioether (sulfide) groups is 1. The molecule has 23 heavy (non-hydrogen) atoms. The lowest BCUT2D eigenvalue weighted by Crippen LogP contribution is -2.51. The highest BCUT2D eigenvalue weighted by molar-refractivity contribution is 8.00. The van der Waals surface area contributed by atoms with E-state index in [1.165, 1.54) is 0 Å². The third-order valence-corrected chi connectivity index (χ3v) is 4.76. The molecule has 0 aromatic rings. The maximum absolute atomic E-state index is 13.0. The summed E-state index contributed by atoms with van der Waals surface area (Å²) in [5.74, 6) is -12.3. The first-order valence-corrected chi connectivity index (χ1v) is 7.75. The summed E-state index contributed by atoms with van der Waals surface area (Å²) < 4.78 is 87.2. The molecule has 0 saturated carbocycles. The van der Waals surface area contributed by atoms with Crippen LogP contribution in [0, 0.1) is 5.41 Å². The lowest BCUT2D eigenvalue weighted by atomic mass is 9.92. The fraction of sp³-hybridized carbons (Fsp3) is 0.923. The van der Waals surface area contributed by atoms with E-state index in [9.17, 15) is 35.5 Å². The molecule has 0 rings (SSSR count). The molecule has 1 unspecified atom stereocenters. The Labute approximate surface area is 133 Å². The summed E-state index contributed by atoms with van der Waals surface area (Å²) >= 11 is 0.946. The number of hydrogen-bond donors (Lipinski definition) is 1. The van der Waals surface area contributed by atoms with Crippen LogP contribution in [0.3, 0.4) is 0 Å². The first kappa shape index (κ1) is 22.3. The Morgan fingerprint density at radius 1 is 1.00 bits per heavy atom. The molecule has 0 spiro atoms. The summed E-state index contributed by atoms with van der Waals surface area (Å²) in [7, 11) is 0. The van der Waals surface area contributed by atoms with Crippen molar-refractivity contribution in [3.63, 3.8) is 0 Å². The normalized spacial score (nSPS) is 15.6. The van der Waals surface area contributed by atoms with Crippen molar-refractivity contribution >= 4 is 17.7 Å². The highest BCUT2D eigenvalue weighted by Gasteiger charge is 2.72. The molecule has 1 atom stereocenters. The van der Waals surface area contributed by atoms with Crippen LogP contribution in [0.15, 0.2) is 0 Å². The molecular formula is C13H19F7O2S. The molecule has 0 heterocycles. The van der Waals surface area contributed by atoms with Gasteiger partial charge in [0.25, 0.3) is 0 Å². The largest absolute Gasteiger partial charge is 0.480 e. The Morgan fingerprint density at radius 3 is 1.83 bits per heavy atom. The van der Waals surface area contributed by atoms with Crippen molar-refractivity contribution in [1.82, 2.24) is 0 Å². The Hall–Kier alpha value is -0.670. The highest BCUT2D eigenvalue weighted by Crippen LogP contribution is 2.48. The number of rotatable bonds is 8. The number of alkyl halides is 7. The Morgan fingerprint density at radius 2 is 1.48 bits per heavy atom. The van der Waals surface area contributed by atoms with Gasteiger partial charge in [-0.05, 0) is 24.0 Å². The topological polar surface area (TPSA) is 37.3 Å². The summed E-state index contributed by atoms with van der Waals surface area (Å²) in [6.45, 7) is 4.99. The second kappa shape index (κ2) is 7.48. The van der Waals surface area contributed by atoms with Crippen molar-refractivity contribution in [2.75, 3.05) is 5.75 Å². The van der Waals surface area contributed by atoms with Crippen molar-refractivity contribution < 1.29 is 40.6 Å². The standard InChI is InChI=1S/C13H19F7O2S/c1-10(2,3)8(9(21)22)23-7-5-4-6-11(14,15)12(16,17)13(18,19)20/h8H,4-7H2,1-3H3,(H,21,22). The van der Waals surface area contributed by atoms with Gasteiger partial charge in [0.1, 0.15) is 5.25 Å². The van der Waals surface area contributed by atoms with Crippen LogP contribution in [0.1, 0.15) is 40.0 Å². The van der Waals surface area contributed by atoms with Crippen molar-refractivity contribution in [3.05, 3.63) is 0 Å². The molecule has 0 aromatic heterocycles. The molecule has 0 aliphatic heterocycles. The molecule has 0 radical (unpaired) electrons.